The number of piperidine rings is 1. The molecule has 3 rings (SSSR count). The van der Waals surface area contributed by atoms with E-state index in [1.54, 1.807) is 0 Å². The molecule has 3 nitrogen and oxygen atoms in total. The molecule has 1 fully saturated rings. The van der Waals surface area contributed by atoms with Crippen molar-refractivity contribution in [1.82, 2.24) is 4.90 Å². The number of anilines is 1. The van der Waals surface area contributed by atoms with Crippen LogP contribution in [0.4, 0.5) is 5.69 Å². The van der Waals surface area contributed by atoms with Gasteiger partial charge in [-0.2, -0.15) is 0 Å². The van der Waals surface area contributed by atoms with Crippen molar-refractivity contribution in [2.24, 2.45) is 11.7 Å². The lowest BCUT2D eigenvalue weighted by Gasteiger charge is -2.45. The summed E-state index contributed by atoms with van der Waals surface area (Å²) in [6, 6.07) is 7.18. The van der Waals surface area contributed by atoms with Crippen molar-refractivity contribution in [3.8, 4) is 0 Å². The van der Waals surface area contributed by atoms with Gasteiger partial charge in [0.25, 0.3) is 0 Å². The Morgan fingerprint density at radius 3 is 3.06 bits per heavy atom. The van der Waals surface area contributed by atoms with Crippen LogP contribution in [-0.2, 0) is 0 Å². The molecule has 3 heteroatoms. The molecule has 1 aromatic carbocycles. The number of fused-ring (bicyclic) bond motifs is 2. The first kappa shape index (κ1) is 11.1. The van der Waals surface area contributed by atoms with E-state index in [0.29, 0.717) is 12.0 Å². The van der Waals surface area contributed by atoms with Gasteiger partial charge >= 0.3 is 0 Å². The molecule has 3 N–H and O–H groups in total. The quantitative estimate of drug-likeness (QED) is 0.714. The van der Waals surface area contributed by atoms with Crippen LogP contribution in [0.1, 0.15) is 23.6 Å². The Balaban J connectivity index is 1.99. The summed E-state index contributed by atoms with van der Waals surface area (Å²) in [5.74, 6) is 0.544. The molecule has 2 heterocycles. The fraction of sp³-hybridized carbons (Fsp3) is 0.571. The van der Waals surface area contributed by atoms with Gasteiger partial charge in [-0.3, -0.25) is 0 Å². The van der Waals surface area contributed by atoms with Gasteiger partial charge in [0.2, 0.25) is 0 Å². The van der Waals surface area contributed by atoms with Crippen LogP contribution >= 0.6 is 0 Å². The van der Waals surface area contributed by atoms with Gasteiger partial charge in [-0.1, -0.05) is 18.2 Å². The summed E-state index contributed by atoms with van der Waals surface area (Å²) in [6.45, 7) is 4.43. The Labute approximate surface area is 103 Å². The lowest BCUT2D eigenvalue weighted by atomic mass is 9.79. The number of hydrogen-bond acceptors (Lipinski definition) is 3. The van der Waals surface area contributed by atoms with E-state index < -0.39 is 0 Å². The number of hydrogen-bond donors (Lipinski definition) is 2. The van der Waals surface area contributed by atoms with E-state index >= 15 is 0 Å². The van der Waals surface area contributed by atoms with Crippen LogP contribution in [0.5, 0.6) is 0 Å². The van der Waals surface area contributed by atoms with Crippen LogP contribution in [-0.4, -0.2) is 31.1 Å². The van der Waals surface area contributed by atoms with Gasteiger partial charge in [-0.05, 0) is 38.1 Å². The minimum Gasteiger partial charge on any atom is -0.381 e. The molecular formula is C14H21N3. The standard InChI is InChI=1S/C14H21N3/c1-9-4-3-5-10-13(15)11-8-17(2)7-6-12(11)16-14(9)10/h3-5,11-13,16H,6-8,15H2,1-2H3. The van der Waals surface area contributed by atoms with Crippen molar-refractivity contribution in [2.45, 2.75) is 25.4 Å². The smallest absolute Gasteiger partial charge is 0.0420 e. The van der Waals surface area contributed by atoms with E-state index in [4.69, 9.17) is 5.73 Å². The zero-order valence-corrected chi connectivity index (χ0v) is 10.6. The summed E-state index contributed by atoms with van der Waals surface area (Å²) < 4.78 is 0. The minimum atomic E-state index is 0.180. The SMILES string of the molecule is Cc1cccc2c1NC1CCN(C)CC1C2N. The average molecular weight is 231 g/mol. The fourth-order valence-corrected chi connectivity index (χ4v) is 3.28. The molecular weight excluding hydrogens is 210 g/mol. The fourth-order valence-electron chi connectivity index (χ4n) is 3.28. The highest BCUT2D eigenvalue weighted by atomic mass is 15.1. The lowest BCUT2D eigenvalue weighted by molar-refractivity contribution is 0.168. The number of aryl methyl sites for hydroxylation is 1. The average Bonchev–Trinajstić information content (AvgIpc) is 2.32. The molecule has 3 atom stereocenters. The molecule has 2 aliphatic rings. The molecule has 0 aliphatic carbocycles. The summed E-state index contributed by atoms with van der Waals surface area (Å²) in [7, 11) is 2.19. The van der Waals surface area contributed by atoms with Crippen molar-refractivity contribution >= 4 is 5.69 Å². The molecule has 0 aromatic heterocycles. The van der Waals surface area contributed by atoms with E-state index in [1.807, 2.05) is 0 Å². The minimum absolute atomic E-state index is 0.180. The zero-order valence-electron chi connectivity index (χ0n) is 10.6. The Kier molecular flexibility index (Phi) is 2.60. The van der Waals surface area contributed by atoms with Gasteiger partial charge < -0.3 is 16.0 Å². The predicted molar refractivity (Wildman–Crippen MR) is 71.1 cm³/mol. The number of nitrogens with one attached hydrogen (secondary N) is 1. The van der Waals surface area contributed by atoms with Crippen LogP contribution in [0.15, 0.2) is 18.2 Å². The number of nitrogens with two attached hydrogens (primary N) is 1. The van der Waals surface area contributed by atoms with Crippen LogP contribution in [0.25, 0.3) is 0 Å². The van der Waals surface area contributed by atoms with Crippen LogP contribution in [0.3, 0.4) is 0 Å². The Hall–Kier alpha value is -1.06. The molecule has 2 aliphatic heterocycles. The summed E-state index contributed by atoms with van der Waals surface area (Å²) in [6.07, 6.45) is 1.20. The van der Waals surface area contributed by atoms with Crippen LogP contribution in [0.2, 0.25) is 0 Å². The molecule has 0 spiro atoms. The van der Waals surface area contributed by atoms with Gasteiger partial charge in [0, 0.05) is 30.2 Å². The second kappa shape index (κ2) is 4.00. The van der Waals surface area contributed by atoms with Crippen molar-refractivity contribution in [1.29, 1.82) is 0 Å². The highest BCUT2D eigenvalue weighted by molar-refractivity contribution is 5.61. The Morgan fingerprint density at radius 2 is 2.24 bits per heavy atom. The van der Waals surface area contributed by atoms with E-state index in [0.717, 1.165) is 6.54 Å². The third-order valence-corrected chi connectivity index (χ3v) is 4.32. The van der Waals surface area contributed by atoms with Gasteiger partial charge in [-0.25, -0.2) is 0 Å². The van der Waals surface area contributed by atoms with Crippen molar-refractivity contribution in [2.75, 3.05) is 25.5 Å². The molecule has 17 heavy (non-hydrogen) atoms. The Bertz CT molecular complexity index is 429. The number of rotatable bonds is 0. The summed E-state index contributed by atoms with van der Waals surface area (Å²) >= 11 is 0. The first-order valence-electron chi connectivity index (χ1n) is 6.47. The van der Waals surface area contributed by atoms with Gasteiger partial charge in [0.1, 0.15) is 0 Å². The topological polar surface area (TPSA) is 41.3 Å². The van der Waals surface area contributed by atoms with Gasteiger partial charge in [0.05, 0.1) is 0 Å². The number of nitrogens with zero attached hydrogens (tertiary/aromatic N) is 1. The van der Waals surface area contributed by atoms with E-state index in [-0.39, 0.29) is 6.04 Å². The number of para-hydroxylation sites is 1. The molecule has 92 valence electrons. The summed E-state index contributed by atoms with van der Waals surface area (Å²) in [5, 5.41) is 3.71. The highest BCUT2D eigenvalue weighted by Crippen LogP contribution is 2.39. The summed E-state index contributed by atoms with van der Waals surface area (Å²) in [4.78, 5) is 2.39. The third-order valence-electron chi connectivity index (χ3n) is 4.32. The maximum atomic E-state index is 6.47. The van der Waals surface area contributed by atoms with Gasteiger partial charge in [-0.15, -0.1) is 0 Å². The van der Waals surface area contributed by atoms with Crippen LogP contribution < -0.4 is 11.1 Å². The summed E-state index contributed by atoms with van der Waals surface area (Å²) in [5.41, 5.74) is 10.4. The maximum absolute atomic E-state index is 6.47. The maximum Gasteiger partial charge on any atom is 0.0420 e. The number of benzene rings is 1. The molecule has 0 saturated carbocycles. The van der Waals surface area contributed by atoms with Crippen molar-refractivity contribution < 1.29 is 0 Å². The first-order chi connectivity index (χ1) is 8.16. The van der Waals surface area contributed by atoms with E-state index in [2.05, 4.69) is 42.4 Å². The van der Waals surface area contributed by atoms with Crippen molar-refractivity contribution in [3.63, 3.8) is 0 Å². The molecule has 0 radical (unpaired) electrons. The van der Waals surface area contributed by atoms with E-state index in [1.165, 1.54) is 29.8 Å². The molecule has 0 bridgehead atoms. The van der Waals surface area contributed by atoms with Crippen LogP contribution in [0, 0.1) is 12.8 Å². The van der Waals surface area contributed by atoms with Crippen molar-refractivity contribution in [3.05, 3.63) is 29.3 Å². The van der Waals surface area contributed by atoms with E-state index in [9.17, 15) is 0 Å². The second-order valence-electron chi connectivity index (χ2n) is 5.53. The zero-order chi connectivity index (χ0) is 12.0. The highest BCUT2D eigenvalue weighted by Gasteiger charge is 2.37. The lowest BCUT2D eigenvalue weighted by Crippen LogP contribution is -2.51. The molecule has 1 aromatic rings. The Morgan fingerprint density at radius 1 is 1.41 bits per heavy atom. The third kappa shape index (κ3) is 1.74. The van der Waals surface area contributed by atoms with Gasteiger partial charge in [0.15, 0.2) is 0 Å². The molecule has 1 saturated heterocycles. The normalized spacial score (nSPS) is 32.5. The monoisotopic (exact) mass is 231 g/mol. The second-order valence-corrected chi connectivity index (χ2v) is 5.53. The number of likely N-dealkylation sites (tertiary alicyclic amines) is 1. The molecule has 3 unspecified atom stereocenters. The predicted octanol–water partition coefficient (Wildman–Crippen LogP) is 1.74. The first-order valence-corrected chi connectivity index (χ1v) is 6.47. The molecule has 0 amide bonds. The largest absolute Gasteiger partial charge is 0.381 e.